The fourth-order valence-electron chi connectivity index (χ4n) is 2.15. The molecule has 0 fully saturated rings. The summed E-state index contributed by atoms with van der Waals surface area (Å²) in [7, 11) is 0. The van der Waals surface area contributed by atoms with Gasteiger partial charge in [-0.15, -0.1) is 0 Å². The Kier molecular flexibility index (Phi) is 4.66. The van der Waals surface area contributed by atoms with E-state index in [4.69, 9.17) is 4.42 Å². The first-order valence-electron chi connectivity index (χ1n) is 6.39. The van der Waals surface area contributed by atoms with E-state index in [-0.39, 0.29) is 12.1 Å². The lowest BCUT2D eigenvalue weighted by Crippen LogP contribution is -2.24. The minimum Gasteiger partial charge on any atom is -0.508 e. The van der Waals surface area contributed by atoms with Crippen LogP contribution in [0.25, 0.3) is 0 Å². The van der Waals surface area contributed by atoms with E-state index in [1.54, 1.807) is 12.3 Å². The molecule has 0 spiro atoms. The predicted octanol–water partition coefficient (Wildman–Crippen LogP) is 4.55. The molecular formula is C15H18BrNO2. The standard InChI is InChI=1S/C15H18BrNO2/c1-3-13(12-9-11(16)6-7-14(12)18)17-10(2)15-5-4-8-19-15/h4-10,13,17-18H,3H2,1-2H3/t10-,13?/m0/s1. The number of hydrogen-bond acceptors (Lipinski definition) is 3. The van der Waals surface area contributed by atoms with Gasteiger partial charge in [-0.05, 0) is 43.7 Å². The Balaban J connectivity index is 2.18. The van der Waals surface area contributed by atoms with Gasteiger partial charge in [0.15, 0.2) is 0 Å². The molecule has 1 unspecified atom stereocenters. The number of benzene rings is 1. The third-order valence-electron chi connectivity index (χ3n) is 3.19. The van der Waals surface area contributed by atoms with Crippen molar-refractivity contribution in [3.05, 3.63) is 52.4 Å². The van der Waals surface area contributed by atoms with Crippen molar-refractivity contribution in [2.75, 3.05) is 0 Å². The SMILES string of the molecule is CCC(N[C@@H](C)c1ccco1)c1cc(Br)ccc1O. The summed E-state index contributed by atoms with van der Waals surface area (Å²) in [6, 6.07) is 9.50. The van der Waals surface area contributed by atoms with Gasteiger partial charge in [0.25, 0.3) is 0 Å². The lowest BCUT2D eigenvalue weighted by atomic mass is 10.0. The minimum atomic E-state index is 0.0811. The summed E-state index contributed by atoms with van der Waals surface area (Å²) in [6.45, 7) is 4.14. The first kappa shape index (κ1) is 14.2. The topological polar surface area (TPSA) is 45.4 Å². The van der Waals surface area contributed by atoms with E-state index in [1.165, 1.54) is 0 Å². The van der Waals surface area contributed by atoms with Gasteiger partial charge in [-0.3, -0.25) is 0 Å². The molecule has 0 aliphatic rings. The van der Waals surface area contributed by atoms with Gasteiger partial charge in [-0.2, -0.15) is 0 Å². The molecule has 0 radical (unpaired) electrons. The Morgan fingerprint density at radius 2 is 2.16 bits per heavy atom. The smallest absolute Gasteiger partial charge is 0.120 e. The summed E-state index contributed by atoms with van der Waals surface area (Å²) in [6.07, 6.45) is 2.56. The van der Waals surface area contributed by atoms with Gasteiger partial charge < -0.3 is 14.8 Å². The predicted molar refractivity (Wildman–Crippen MR) is 79.1 cm³/mol. The maximum atomic E-state index is 10.00. The number of nitrogens with one attached hydrogen (secondary N) is 1. The normalized spacial score (nSPS) is 14.3. The molecule has 0 aliphatic heterocycles. The summed E-state index contributed by atoms with van der Waals surface area (Å²) in [5.41, 5.74) is 0.898. The van der Waals surface area contributed by atoms with Gasteiger partial charge in [-0.25, -0.2) is 0 Å². The van der Waals surface area contributed by atoms with E-state index >= 15 is 0 Å². The third-order valence-corrected chi connectivity index (χ3v) is 3.69. The third kappa shape index (κ3) is 3.39. The molecule has 0 saturated carbocycles. The maximum Gasteiger partial charge on any atom is 0.120 e. The highest BCUT2D eigenvalue weighted by Crippen LogP contribution is 2.31. The lowest BCUT2D eigenvalue weighted by molar-refractivity contribution is 0.376. The summed E-state index contributed by atoms with van der Waals surface area (Å²) in [5.74, 6) is 1.21. The number of furan rings is 1. The van der Waals surface area contributed by atoms with Crippen LogP contribution >= 0.6 is 15.9 Å². The molecule has 1 aromatic carbocycles. The number of hydrogen-bond donors (Lipinski definition) is 2. The molecule has 19 heavy (non-hydrogen) atoms. The van der Waals surface area contributed by atoms with Gasteiger partial charge >= 0.3 is 0 Å². The van der Waals surface area contributed by atoms with Crippen LogP contribution in [0.3, 0.4) is 0 Å². The monoisotopic (exact) mass is 323 g/mol. The fraction of sp³-hybridized carbons (Fsp3) is 0.333. The molecule has 0 saturated heterocycles. The van der Waals surface area contributed by atoms with E-state index in [0.29, 0.717) is 5.75 Å². The first-order chi connectivity index (χ1) is 9.11. The van der Waals surface area contributed by atoms with E-state index < -0.39 is 0 Å². The second-order valence-electron chi connectivity index (χ2n) is 4.57. The Morgan fingerprint density at radius 1 is 1.37 bits per heavy atom. The zero-order valence-corrected chi connectivity index (χ0v) is 12.6. The quantitative estimate of drug-likeness (QED) is 0.848. The van der Waals surface area contributed by atoms with Crippen molar-refractivity contribution in [2.24, 2.45) is 0 Å². The van der Waals surface area contributed by atoms with Crippen molar-refractivity contribution in [1.82, 2.24) is 5.32 Å². The van der Waals surface area contributed by atoms with Crippen molar-refractivity contribution in [2.45, 2.75) is 32.4 Å². The molecule has 1 heterocycles. The molecule has 2 rings (SSSR count). The summed E-state index contributed by atoms with van der Waals surface area (Å²) in [5, 5.41) is 13.5. The van der Waals surface area contributed by atoms with Crippen molar-refractivity contribution >= 4 is 15.9 Å². The number of halogens is 1. The van der Waals surface area contributed by atoms with E-state index in [9.17, 15) is 5.11 Å². The second kappa shape index (κ2) is 6.26. The van der Waals surface area contributed by atoms with Gasteiger partial charge in [0, 0.05) is 16.1 Å². The van der Waals surface area contributed by atoms with Crippen LogP contribution in [0.1, 0.15) is 43.7 Å². The average Bonchev–Trinajstić information content (AvgIpc) is 2.93. The lowest BCUT2D eigenvalue weighted by Gasteiger charge is -2.22. The highest BCUT2D eigenvalue weighted by Gasteiger charge is 2.18. The number of phenolic OH excluding ortho intramolecular Hbond substituents is 1. The first-order valence-corrected chi connectivity index (χ1v) is 7.19. The Morgan fingerprint density at radius 3 is 2.79 bits per heavy atom. The van der Waals surface area contributed by atoms with Crippen molar-refractivity contribution in [3.63, 3.8) is 0 Å². The summed E-state index contributed by atoms with van der Waals surface area (Å²) in [4.78, 5) is 0. The zero-order valence-electron chi connectivity index (χ0n) is 11.1. The highest BCUT2D eigenvalue weighted by atomic mass is 79.9. The maximum absolute atomic E-state index is 10.00. The van der Waals surface area contributed by atoms with Crippen LogP contribution in [-0.4, -0.2) is 5.11 Å². The molecular weight excluding hydrogens is 306 g/mol. The Bertz CT molecular complexity index is 525. The molecule has 0 aliphatic carbocycles. The van der Waals surface area contributed by atoms with Crippen LogP contribution in [0.2, 0.25) is 0 Å². The number of aromatic hydroxyl groups is 1. The molecule has 0 amide bonds. The molecule has 4 heteroatoms. The average molecular weight is 324 g/mol. The van der Waals surface area contributed by atoms with Crippen LogP contribution in [0.15, 0.2) is 45.5 Å². The van der Waals surface area contributed by atoms with E-state index in [1.807, 2.05) is 24.3 Å². The highest BCUT2D eigenvalue weighted by molar-refractivity contribution is 9.10. The van der Waals surface area contributed by atoms with E-state index in [0.717, 1.165) is 22.2 Å². The van der Waals surface area contributed by atoms with Gasteiger partial charge in [-0.1, -0.05) is 22.9 Å². The van der Waals surface area contributed by atoms with Crippen LogP contribution < -0.4 is 5.32 Å². The fourth-order valence-corrected chi connectivity index (χ4v) is 2.53. The van der Waals surface area contributed by atoms with Gasteiger partial charge in [0.1, 0.15) is 11.5 Å². The van der Waals surface area contributed by atoms with Crippen LogP contribution in [0, 0.1) is 0 Å². The van der Waals surface area contributed by atoms with Crippen LogP contribution in [-0.2, 0) is 0 Å². The minimum absolute atomic E-state index is 0.0811. The van der Waals surface area contributed by atoms with Crippen molar-refractivity contribution in [3.8, 4) is 5.75 Å². The number of phenols is 1. The van der Waals surface area contributed by atoms with Crippen molar-refractivity contribution < 1.29 is 9.52 Å². The van der Waals surface area contributed by atoms with Gasteiger partial charge in [0.05, 0.1) is 12.3 Å². The van der Waals surface area contributed by atoms with Crippen LogP contribution in [0.5, 0.6) is 5.75 Å². The molecule has 1 aromatic heterocycles. The van der Waals surface area contributed by atoms with E-state index in [2.05, 4.69) is 35.1 Å². The summed E-state index contributed by atoms with van der Waals surface area (Å²) < 4.78 is 6.36. The Labute approximate surface area is 121 Å². The molecule has 2 N–H and O–H groups in total. The molecule has 3 nitrogen and oxygen atoms in total. The molecule has 0 bridgehead atoms. The largest absolute Gasteiger partial charge is 0.508 e. The molecule has 102 valence electrons. The van der Waals surface area contributed by atoms with Gasteiger partial charge in [0.2, 0.25) is 0 Å². The van der Waals surface area contributed by atoms with Crippen molar-refractivity contribution in [1.29, 1.82) is 0 Å². The molecule has 2 aromatic rings. The van der Waals surface area contributed by atoms with Crippen LogP contribution in [0.4, 0.5) is 0 Å². The summed E-state index contributed by atoms with van der Waals surface area (Å²) >= 11 is 3.44. The molecule has 2 atom stereocenters. The zero-order chi connectivity index (χ0) is 13.8. The Hall–Kier alpha value is -1.26. The second-order valence-corrected chi connectivity index (χ2v) is 5.48. The number of rotatable bonds is 5.